The van der Waals surface area contributed by atoms with Crippen molar-refractivity contribution in [2.24, 2.45) is 4.99 Å². The molecule has 150 valence electrons. The standard InChI is InChI=1S/C21H25N3O2S.HI/c1-22-21(23-16-17-8-10-20(11-9-17)27(2,25)26)24-14-12-19(13-15-24)18-6-4-3-5-7-18;/h3-12H,13-16H2,1-2H3,(H,22,23);1H. The van der Waals surface area contributed by atoms with Crippen molar-refractivity contribution in [3.05, 3.63) is 71.8 Å². The van der Waals surface area contributed by atoms with Crippen molar-refractivity contribution in [2.45, 2.75) is 17.9 Å². The predicted molar refractivity (Wildman–Crippen MR) is 126 cm³/mol. The average Bonchev–Trinajstić information content (AvgIpc) is 2.69. The maximum absolute atomic E-state index is 11.5. The van der Waals surface area contributed by atoms with Crippen LogP contribution in [0.5, 0.6) is 0 Å². The second kappa shape index (κ2) is 10.1. The Morgan fingerprint density at radius 2 is 1.79 bits per heavy atom. The van der Waals surface area contributed by atoms with Crippen LogP contribution in [0.15, 0.2) is 70.6 Å². The average molecular weight is 511 g/mol. The number of hydrogen-bond acceptors (Lipinski definition) is 3. The Balaban J connectivity index is 0.00000280. The molecule has 28 heavy (non-hydrogen) atoms. The number of hydrogen-bond donors (Lipinski definition) is 1. The van der Waals surface area contributed by atoms with E-state index in [1.165, 1.54) is 17.4 Å². The van der Waals surface area contributed by atoms with Crippen LogP contribution in [0.2, 0.25) is 0 Å². The first-order valence-corrected chi connectivity index (χ1v) is 10.9. The maximum atomic E-state index is 11.5. The van der Waals surface area contributed by atoms with E-state index in [9.17, 15) is 8.42 Å². The van der Waals surface area contributed by atoms with Gasteiger partial charge in [0.2, 0.25) is 0 Å². The van der Waals surface area contributed by atoms with E-state index >= 15 is 0 Å². The molecule has 0 aromatic heterocycles. The summed E-state index contributed by atoms with van der Waals surface area (Å²) in [6.45, 7) is 2.33. The second-order valence-electron chi connectivity index (χ2n) is 6.61. The van der Waals surface area contributed by atoms with Gasteiger partial charge in [-0.25, -0.2) is 8.42 Å². The molecule has 0 saturated carbocycles. The van der Waals surface area contributed by atoms with Crippen molar-refractivity contribution in [1.29, 1.82) is 0 Å². The minimum absolute atomic E-state index is 0. The molecule has 0 fully saturated rings. The Bertz CT molecular complexity index is 939. The van der Waals surface area contributed by atoms with Gasteiger partial charge < -0.3 is 10.2 Å². The van der Waals surface area contributed by atoms with E-state index in [0.717, 1.165) is 31.0 Å². The van der Waals surface area contributed by atoms with Crippen molar-refractivity contribution in [3.8, 4) is 0 Å². The third kappa shape index (κ3) is 5.81. The lowest BCUT2D eigenvalue weighted by Gasteiger charge is -2.29. The van der Waals surface area contributed by atoms with E-state index in [1.54, 1.807) is 19.2 Å². The SMILES string of the molecule is CN=C(NCc1ccc(S(C)(=O)=O)cc1)N1CC=C(c2ccccc2)CC1.I. The summed E-state index contributed by atoms with van der Waals surface area (Å²) in [6.07, 6.45) is 4.45. The summed E-state index contributed by atoms with van der Waals surface area (Å²) < 4.78 is 23.1. The van der Waals surface area contributed by atoms with Crippen LogP contribution in [0.25, 0.3) is 5.57 Å². The largest absolute Gasteiger partial charge is 0.352 e. The number of aliphatic imine (C=N–C) groups is 1. The minimum Gasteiger partial charge on any atom is -0.352 e. The molecule has 7 heteroatoms. The molecule has 0 amide bonds. The molecule has 3 rings (SSSR count). The van der Waals surface area contributed by atoms with Gasteiger partial charge in [0.15, 0.2) is 15.8 Å². The van der Waals surface area contributed by atoms with E-state index in [1.807, 2.05) is 18.2 Å². The van der Waals surface area contributed by atoms with Crippen molar-refractivity contribution in [3.63, 3.8) is 0 Å². The summed E-state index contributed by atoms with van der Waals surface area (Å²) in [4.78, 5) is 6.95. The topological polar surface area (TPSA) is 61.8 Å². The monoisotopic (exact) mass is 511 g/mol. The number of sulfone groups is 1. The summed E-state index contributed by atoms with van der Waals surface area (Å²) in [5.41, 5.74) is 3.67. The molecule has 2 aromatic carbocycles. The van der Waals surface area contributed by atoms with Crippen molar-refractivity contribution < 1.29 is 8.42 Å². The molecule has 1 heterocycles. The molecule has 1 aliphatic rings. The van der Waals surface area contributed by atoms with Crippen LogP contribution in [0.4, 0.5) is 0 Å². The smallest absolute Gasteiger partial charge is 0.194 e. The highest BCUT2D eigenvalue weighted by atomic mass is 127. The summed E-state index contributed by atoms with van der Waals surface area (Å²) in [5.74, 6) is 0.852. The third-order valence-electron chi connectivity index (χ3n) is 4.67. The highest BCUT2D eigenvalue weighted by Crippen LogP contribution is 2.22. The van der Waals surface area contributed by atoms with Gasteiger partial charge in [-0.05, 0) is 35.3 Å². The zero-order chi connectivity index (χ0) is 19.3. The van der Waals surface area contributed by atoms with Gasteiger partial charge in [0.1, 0.15) is 0 Å². The van der Waals surface area contributed by atoms with Gasteiger partial charge in [-0.15, -0.1) is 24.0 Å². The number of halogens is 1. The third-order valence-corrected chi connectivity index (χ3v) is 5.80. The van der Waals surface area contributed by atoms with Gasteiger partial charge >= 0.3 is 0 Å². The van der Waals surface area contributed by atoms with Crippen LogP contribution < -0.4 is 5.32 Å². The Hall–Kier alpha value is -1.87. The van der Waals surface area contributed by atoms with Gasteiger partial charge in [0, 0.05) is 32.9 Å². The first-order chi connectivity index (χ1) is 13.0. The fourth-order valence-electron chi connectivity index (χ4n) is 3.14. The van der Waals surface area contributed by atoms with Crippen molar-refractivity contribution in [1.82, 2.24) is 10.2 Å². The molecule has 5 nitrogen and oxygen atoms in total. The van der Waals surface area contributed by atoms with Gasteiger partial charge in [0.25, 0.3) is 0 Å². The van der Waals surface area contributed by atoms with Gasteiger partial charge in [0.05, 0.1) is 4.90 Å². The maximum Gasteiger partial charge on any atom is 0.194 e. The zero-order valence-corrected chi connectivity index (χ0v) is 19.3. The molecule has 2 aromatic rings. The normalized spacial score (nSPS) is 14.9. The lowest BCUT2D eigenvalue weighted by atomic mass is 10.00. The molecule has 0 spiro atoms. The zero-order valence-electron chi connectivity index (χ0n) is 16.1. The highest BCUT2D eigenvalue weighted by Gasteiger charge is 2.16. The number of rotatable bonds is 4. The lowest BCUT2D eigenvalue weighted by molar-refractivity contribution is 0.440. The summed E-state index contributed by atoms with van der Waals surface area (Å²) in [5, 5.41) is 3.37. The molecular formula is C21H26IN3O2S. The predicted octanol–water partition coefficient (Wildman–Crippen LogP) is 3.57. The van der Waals surface area contributed by atoms with Crippen LogP contribution in [0.3, 0.4) is 0 Å². The van der Waals surface area contributed by atoms with Crippen LogP contribution in [0, 0.1) is 0 Å². The Morgan fingerprint density at radius 1 is 1.11 bits per heavy atom. The first kappa shape index (κ1) is 22.4. The molecule has 0 radical (unpaired) electrons. The Morgan fingerprint density at radius 3 is 2.32 bits per heavy atom. The van der Waals surface area contributed by atoms with E-state index < -0.39 is 9.84 Å². The van der Waals surface area contributed by atoms with Crippen molar-refractivity contribution in [2.75, 3.05) is 26.4 Å². The summed E-state index contributed by atoms with van der Waals surface area (Å²) in [7, 11) is -1.38. The molecule has 0 saturated heterocycles. The number of benzene rings is 2. The van der Waals surface area contributed by atoms with Gasteiger partial charge in [-0.3, -0.25) is 4.99 Å². The van der Waals surface area contributed by atoms with Crippen LogP contribution in [0.1, 0.15) is 17.5 Å². The minimum atomic E-state index is -3.16. The molecule has 0 unspecified atom stereocenters. The Kier molecular flexibility index (Phi) is 8.06. The van der Waals surface area contributed by atoms with Crippen LogP contribution >= 0.6 is 24.0 Å². The molecule has 1 N–H and O–H groups in total. The van der Waals surface area contributed by atoms with E-state index in [-0.39, 0.29) is 24.0 Å². The molecule has 0 aliphatic carbocycles. The van der Waals surface area contributed by atoms with E-state index in [4.69, 9.17) is 0 Å². The van der Waals surface area contributed by atoms with Crippen LogP contribution in [-0.2, 0) is 16.4 Å². The van der Waals surface area contributed by atoms with E-state index in [0.29, 0.717) is 11.4 Å². The molecule has 0 atom stereocenters. The second-order valence-corrected chi connectivity index (χ2v) is 8.62. The highest BCUT2D eigenvalue weighted by molar-refractivity contribution is 14.0. The summed E-state index contributed by atoms with van der Waals surface area (Å²) >= 11 is 0. The lowest BCUT2D eigenvalue weighted by Crippen LogP contribution is -2.43. The van der Waals surface area contributed by atoms with Crippen molar-refractivity contribution >= 4 is 45.3 Å². The number of guanidine groups is 1. The molecule has 0 bridgehead atoms. The molecule has 1 aliphatic heterocycles. The fraction of sp³-hybridized carbons (Fsp3) is 0.286. The summed E-state index contributed by atoms with van der Waals surface area (Å²) in [6, 6.07) is 17.4. The quantitative estimate of drug-likeness (QED) is 0.388. The van der Waals surface area contributed by atoms with Gasteiger partial charge in [-0.1, -0.05) is 48.5 Å². The van der Waals surface area contributed by atoms with Gasteiger partial charge in [-0.2, -0.15) is 0 Å². The fourth-order valence-corrected chi connectivity index (χ4v) is 3.77. The first-order valence-electron chi connectivity index (χ1n) is 8.96. The molecular weight excluding hydrogens is 485 g/mol. The van der Waals surface area contributed by atoms with Crippen LogP contribution in [-0.4, -0.2) is 45.7 Å². The Labute approximate surface area is 184 Å². The van der Waals surface area contributed by atoms with E-state index in [2.05, 4.69) is 45.6 Å². The number of nitrogens with zero attached hydrogens (tertiary/aromatic N) is 2. The number of nitrogens with one attached hydrogen (secondary N) is 1.